The van der Waals surface area contributed by atoms with Crippen LogP contribution in [0.2, 0.25) is 0 Å². The Balaban J connectivity index is 2.08. The maximum atomic E-state index is 3.64. The third-order valence-electron chi connectivity index (χ3n) is 3.52. The van der Waals surface area contributed by atoms with Gasteiger partial charge in [0, 0.05) is 29.6 Å². The molecule has 0 radical (unpaired) electrons. The first-order valence-corrected chi connectivity index (χ1v) is 7.17. The normalized spacial score (nSPS) is 26.8. The van der Waals surface area contributed by atoms with E-state index in [0.29, 0.717) is 12.1 Å². The Morgan fingerprint density at radius 2 is 2.12 bits per heavy atom. The van der Waals surface area contributed by atoms with E-state index < -0.39 is 0 Å². The van der Waals surface area contributed by atoms with Crippen molar-refractivity contribution in [2.45, 2.75) is 38.9 Å². The molecule has 1 aliphatic heterocycles. The minimum Gasteiger partial charge on any atom is -0.313 e. The van der Waals surface area contributed by atoms with E-state index in [2.05, 4.69) is 64.3 Å². The SMILES string of the molecule is CC1CN(Cc2ccccc2Br)C(C)CCN1. The minimum atomic E-state index is 0.586. The number of hydrogen-bond donors (Lipinski definition) is 1. The van der Waals surface area contributed by atoms with E-state index in [-0.39, 0.29) is 0 Å². The average Bonchev–Trinajstić information content (AvgIpc) is 2.45. The molecule has 1 heterocycles. The van der Waals surface area contributed by atoms with E-state index in [1.54, 1.807) is 0 Å². The molecule has 2 nitrogen and oxygen atoms in total. The van der Waals surface area contributed by atoms with Crippen molar-refractivity contribution in [3.63, 3.8) is 0 Å². The zero-order valence-electron chi connectivity index (χ0n) is 10.6. The molecule has 1 N–H and O–H groups in total. The summed E-state index contributed by atoms with van der Waals surface area (Å²) in [7, 11) is 0. The highest BCUT2D eigenvalue weighted by Gasteiger charge is 2.20. The summed E-state index contributed by atoms with van der Waals surface area (Å²) in [5, 5.41) is 3.55. The molecule has 1 fully saturated rings. The number of hydrogen-bond acceptors (Lipinski definition) is 2. The topological polar surface area (TPSA) is 15.3 Å². The third-order valence-corrected chi connectivity index (χ3v) is 4.29. The minimum absolute atomic E-state index is 0.586. The van der Waals surface area contributed by atoms with Gasteiger partial charge in [-0.2, -0.15) is 0 Å². The van der Waals surface area contributed by atoms with Crippen LogP contribution >= 0.6 is 15.9 Å². The average molecular weight is 297 g/mol. The number of halogens is 1. The predicted octanol–water partition coefficient (Wildman–Crippen LogP) is 3.02. The summed E-state index contributed by atoms with van der Waals surface area (Å²) >= 11 is 3.64. The number of nitrogens with zero attached hydrogens (tertiary/aromatic N) is 1. The highest BCUT2D eigenvalue weighted by Crippen LogP contribution is 2.20. The van der Waals surface area contributed by atoms with E-state index in [0.717, 1.165) is 19.6 Å². The van der Waals surface area contributed by atoms with Gasteiger partial charge in [0.1, 0.15) is 0 Å². The van der Waals surface area contributed by atoms with Gasteiger partial charge >= 0.3 is 0 Å². The van der Waals surface area contributed by atoms with Crippen molar-refractivity contribution < 1.29 is 0 Å². The van der Waals surface area contributed by atoms with Crippen molar-refractivity contribution in [2.24, 2.45) is 0 Å². The van der Waals surface area contributed by atoms with Crippen LogP contribution in [0, 0.1) is 0 Å². The molecule has 1 saturated heterocycles. The molecule has 1 aromatic carbocycles. The molecule has 0 bridgehead atoms. The monoisotopic (exact) mass is 296 g/mol. The van der Waals surface area contributed by atoms with Crippen LogP contribution in [-0.4, -0.2) is 30.1 Å². The largest absolute Gasteiger partial charge is 0.313 e. The Kier molecular flexibility index (Phi) is 4.60. The number of rotatable bonds is 2. The van der Waals surface area contributed by atoms with E-state index >= 15 is 0 Å². The van der Waals surface area contributed by atoms with Gasteiger partial charge in [0.15, 0.2) is 0 Å². The fourth-order valence-electron chi connectivity index (χ4n) is 2.38. The molecule has 17 heavy (non-hydrogen) atoms. The second-order valence-corrected chi connectivity index (χ2v) is 5.87. The summed E-state index contributed by atoms with van der Waals surface area (Å²) in [5.41, 5.74) is 1.38. The molecule has 2 atom stereocenters. The standard InChI is InChI=1S/C14H21BrN2/c1-11-9-17(12(2)7-8-16-11)10-13-5-3-4-6-14(13)15/h3-6,11-12,16H,7-10H2,1-2H3. The van der Waals surface area contributed by atoms with E-state index in [4.69, 9.17) is 0 Å². The summed E-state index contributed by atoms with van der Waals surface area (Å²) in [5.74, 6) is 0. The molecule has 2 unspecified atom stereocenters. The molecule has 0 aliphatic carbocycles. The fourth-order valence-corrected chi connectivity index (χ4v) is 2.79. The summed E-state index contributed by atoms with van der Waals surface area (Å²) in [6, 6.07) is 9.76. The van der Waals surface area contributed by atoms with Crippen molar-refractivity contribution in [1.29, 1.82) is 0 Å². The van der Waals surface area contributed by atoms with Crippen molar-refractivity contribution in [3.05, 3.63) is 34.3 Å². The molecule has 1 aliphatic rings. The van der Waals surface area contributed by atoms with Crippen molar-refractivity contribution in [1.82, 2.24) is 10.2 Å². The third kappa shape index (κ3) is 3.54. The molecule has 0 spiro atoms. The lowest BCUT2D eigenvalue weighted by molar-refractivity contribution is 0.198. The molecule has 94 valence electrons. The molecule has 3 heteroatoms. The maximum Gasteiger partial charge on any atom is 0.0248 e. The molecule has 0 aromatic heterocycles. The Morgan fingerprint density at radius 3 is 2.88 bits per heavy atom. The van der Waals surface area contributed by atoms with Crippen LogP contribution in [0.3, 0.4) is 0 Å². The molecule has 2 rings (SSSR count). The zero-order chi connectivity index (χ0) is 12.3. The van der Waals surface area contributed by atoms with Crippen molar-refractivity contribution in [2.75, 3.05) is 13.1 Å². The van der Waals surface area contributed by atoms with E-state index in [1.165, 1.54) is 16.5 Å². The predicted molar refractivity (Wildman–Crippen MR) is 76.1 cm³/mol. The lowest BCUT2D eigenvalue weighted by Gasteiger charge is -2.28. The maximum absolute atomic E-state index is 3.64. The van der Waals surface area contributed by atoms with Gasteiger partial charge < -0.3 is 5.32 Å². The Hall–Kier alpha value is -0.380. The second kappa shape index (κ2) is 5.98. The Morgan fingerprint density at radius 1 is 1.35 bits per heavy atom. The Labute approximate surface area is 113 Å². The van der Waals surface area contributed by atoms with Gasteiger partial charge in [-0.05, 0) is 38.4 Å². The first-order chi connectivity index (χ1) is 8.16. The smallest absolute Gasteiger partial charge is 0.0248 e. The summed E-state index contributed by atoms with van der Waals surface area (Å²) in [6.45, 7) is 7.90. The van der Waals surface area contributed by atoms with E-state index in [1.807, 2.05) is 0 Å². The number of benzene rings is 1. The fraction of sp³-hybridized carbons (Fsp3) is 0.571. The first-order valence-electron chi connectivity index (χ1n) is 6.37. The van der Waals surface area contributed by atoms with Gasteiger partial charge in [0.05, 0.1) is 0 Å². The van der Waals surface area contributed by atoms with E-state index in [9.17, 15) is 0 Å². The highest BCUT2D eigenvalue weighted by atomic mass is 79.9. The highest BCUT2D eigenvalue weighted by molar-refractivity contribution is 9.10. The van der Waals surface area contributed by atoms with Crippen LogP contribution in [-0.2, 0) is 6.54 Å². The van der Waals surface area contributed by atoms with Gasteiger partial charge in [-0.3, -0.25) is 4.90 Å². The van der Waals surface area contributed by atoms with Crippen LogP contribution < -0.4 is 5.32 Å². The quantitative estimate of drug-likeness (QED) is 0.902. The van der Waals surface area contributed by atoms with Crippen LogP contribution in [0.15, 0.2) is 28.7 Å². The summed E-state index contributed by atoms with van der Waals surface area (Å²) < 4.78 is 1.22. The van der Waals surface area contributed by atoms with Crippen LogP contribution in [0.5, 0.6) is 0 Å². The second-order valence-electron chi connectivity index (χ2n) is 5.01. The molecular formula is C14H21BrN2. The van der Waals surface area contributed by atoms with Gasteiger partial charge in [-0.1, -0.05) is 34.1 Å². The van der Waals surface area contributed by atoms with Crippen LogP contribution in [0.1, 0.15) is 25.8 Å². The molecule has 1 aromatic rings. The lowest BCUT2D eigenvalue weighted by Crippen LogP contribution is -2.38. The van der Waals surface area contributed by atoms with Crippen LogP contribution in [0.25, 0.3) is 0 Å². The van der Waals surface area contributed by atoms with Crippen LogP contribution in [0.4, 0.5) is 0 Å². The number of nitrogens with one attached hydrogen (secondary N) is 1. The summed E-state index contributed by atoms with van der Waals surface area (Å²) in [4.78, 5) is 2.57. The molecule has 0 amide bonds. The lowest BCUT2D eigenvalue weighted by atomic mass is 10.1. The molecule has 0 saturated carbocycles. The van der Waals surface area contributed by atoms with Gasteiger partial charge in [0.25, 0.3) is 0 Å². The van der Waals surface area contributed by atoms with Gasteiger partial charge in [-0.25, -0.2) is 0 Å². The van der Waals surface area contributed by atoms with Gasteiger partial charge in [-0.15, -0.1) is 0 Å². The van der Waals surface area contributed by atoms with Gasteiger partial charge in [0.2, 0.25) is 0 Å². The van der Waals surface area contributed by atoms with Crippen molar-refractivity contribution in [3.8, 4) is 0 Å². The Bertz CT molecular complexity index is 367. The molecular weight excluding hydrogens is 276 g/mol. The first kappa shape index (κ1) is 13.1. The van der Waals surface area contributed by atoms with Crippen molar-refractivity contribution >= 4 is 15.9 Å². The summed E-state index contributed by atoms with van der Waals surface area (Å²) in [6.07, 6.45) is 1.23. The zero-order valence-corrected chi connectivity index (χ0v) is 12.2.